The Balaban J connectivity index is 1.62. The second-order valence-corrected chi connectivity index (χ2v) is 9.63. The highest BCUT2D eigenvalue weighted by molar-refractivity contribution is 5.82. The van der Waals surface area contributed by atoms with Crippen LogP contribution < -0.4 is 10.1 Å². The molecule has 170 valence electrons. The molecule has 0 radical (unpaired) electrons. The molecule has 1 heterocycles. The highest BCUT2D eigenvalue weighted by Gasteiger charge is 2.39. The quantitative estimate of drug-likeness (QED) is 0.702. The van der Waals surface area contributed by atoms with Gasteiger partial charge in [0.2, 0.25) is 5.91 Å². The summed E-state index contributed by atoms with van der Waals surface area (Å²) in [6, 6.07) is 14.4. The first-order chi connectivity index (χ1) is 15.3. The van der Waals surface area contributed by atoms with E-state index < -0.39 is 6.10 Å². The Labute approximate surface area is 191 Å². The zero-order valence-corrected chi connectivity index (χ0v) is 19.6. The van der Waals surface area contributed by atoms with Crippen molar-refractivity contribution in [3.63, 3.8) is 0 Å². The van der Waals surface area contributed by atoms with E-state index in [1.54, 1.807) is 6.92 Å². The van der Waals surface area contributed by atoms with Crippen LogP contribution in [0, 0.1) is 18.8 Å². The number of hydrogen-bond acceptors (Lipinski definition) is 3. The summed E-state index contributed by atoms with van der Waals surface area (Å²) in [7, 11) is 0. The summed E-state index contributed by atoms with van der Waals surface area (Å²) in [5.74, 6) is 1.37. The van der Waals surface area contributed by atoms with Crippen LogP contribution in [0.4, 0.5) is 0 Å². The zero-order chi connectivity index (χ0) is 22.8. The van der Waals surface area contributed by atoms with Crippen LogP contribution in [0.1, 0.15) is 61.9 Å². The summed E-state index contributed by atoms with van der Waals surface area (Å²) in [5, 5.41) is 2.93. The number of nitrogens with zero attached hydrogens (tertiary/aromatic N) is 1. The van der Waals surface area contributed by atoms with Gasteiger partial charge in [-0.3, -0.25) is 9.59 Å². The maximum absolute atomic E-state index is 13.1. The maximum Gasteiger partial charge on any atom is 0.260 e. The Morgan fingerprint density at radius 3 is 2.47 bits per heavy atom. The molecule has 2 amide bonds. The SMILES string of the molecule is Cc1ccc([C@@H]2c3cc(O[C@@H](C)C(=O)NCC(C)C)ccc3CCN2C(=O)C2CC2)cc1. The van der Waals surface area contributed by atoms with Crippen molar-refractivity contribution in [1.29, 1.82) is 0 Å². The lowest BCUT2D eigenvalue weighted by atomic mass is 9.87. The molecule has 0 bridgehead atoms. The molecule has 0 spiro atoms. The van der Waals surface area contributed by atoms with Crippen molar-refractivity contribution < 1.29 is 14.3 Å². The molecule has 1 N–H and O–H groups in total. The second-order valence-electron chi connectivity index (χ2n) is 9.63. The Hall–Kier alpha value is -2.82. The van der Waals surface area contributed by atoms with Gasteiger partial charge in [-0.05, 0) is 67.9 Å². The fourth-order valence-corrected chi connectivity index (χ4v) is 4.28. The molecule has 2 aliphatic rings. The van der Waals surface area contributed by atoms with E-state index >= 15 is 0 Å². The third-order valence-corrected chi connectivity index (χ3v) is 6.32. The van der Waals surface area contributed by atoms with Gasteiger partial charge in [0.05, 0.1) is 6.04 Å². The summed E-state index contributed by atoms with van der Waals surface area (Å²) in [5.41, 5.74) is 4.65. The predicted molar refractivity (Wildman–Crippen MR) is 126 cm³/mol. The van der Waals surface area contributed by atoms with Crippen molar-refractivity contribution in [2.45, 2.75) is 59.1 Å². The van der Waals surface area contributed by atoms with Gasteiger partial charge in [-0.25, -0.2) is 0 Å². The van der Waals surface area contributed by atoms with E-state index in [1.807, 2.05) is 17.0 Å². The summed E-state index contributed by atoms with van der Waals surface area (Å²) in [6.07, 6.45) is 2.24. The van der Waals surface area contributed by atoms with Gasteiger partial charge in [0.15, 0.2) is 6.10 Å². The van der Waals surface area contributed by atoms with Gasteiger partial charge in [0.25, 0.3) is 5.91 Å². The van der Waals surface area contributed by atoms with Gasteiger partial charge in [-0.1, -0.05) is 49.7 Å². The monoisotopic (exact) mass is 434 g/mol. The van der Waals surface area contributed by atoms with Gasteiger partial charge >= 0.3 is 0 Å². The summed E-state index contributed by atoms with van der Waals surface area (Å²) < 4.78 is 6.02. The average molecular weight is 435 g/mol. The van der Waals surface area contributed by atoms with Gasteiger partial charge < -0.3 is 15.0 Å². The van der Waals surface area contributed by atoms with Crippen molar-refractivity contribution in [3.05, 3.63) is 64.7 Å². The Bertz CT molecular complexity index is 979. The van der Waals surface area contributed by atoms with E-state index in [0.717, 1.165) is 36.9 Å². The predicted octanol–water partition coefficient (Wildman–Crippen LogP) is 4.42. The van der Waals surface area contributed by atoms with Crippen LogP contribution in [0.15, 0.2) is 42.5 Å². The third-order valence-electron chi connectivity index (χ3n) is 6.32. The van der Waals surface area contributed by atoms with Crippen molar-refractivity contribution in [3.8, 4) is 5.75 Å². The first-order valence-electron chi connectivity index (χ1n) is 11.8. The second kappa shape index (κ2) is 9.35. The molecule has 0 aromatic heterocycles. The van der Waals surface area contributed by atoms with Crippen molar-refractivity contribution >= 4 is 11.8 Å². The number of carbonyl (C=O) groups excluding carboxylic acids is 2. The van der Waals surface area contributed by atoms with Crippen LogP contribution in [0.2, 0.25) is 0 Å². The zero-order valence-electron chi connectivity index (χ0n) is 19.6. The van der Waals surface area contributed by atoms with Gasteiger partial charge in [0, 0.05) is 19.0 Å². The summed E-state index contributed by atoms with van der Waals surface area (Å²) >= 11 is 0. The van der Waals surface area contributed by atoms with Crippen LogP contribution in [-0.4, -0.2) is 35.9 Å². The highest BCUT2D eigenvalue weighted by atomic mass is 16.5. The maximum atomic E-state index is 13.1. The molecule has 1 saturated carbocycles. The van der Waals surface area contributed by atoms with E-state index in [2.05, 4.69) is 56.4 Å². The van der Waals surface area contributed by atoms with Crippen molar-refractivity contribution in [2.24, 2.45) is 11.8 Å². The molecule has 5 nitrogen and oxygen atoms in total. The summed E-state index contributed by atoms with van der Waals surface area (Å²) in [6.45, 7) is 9.34. The Kier molecular flexibility index (Phi) is 6.54. The number of fused-ring (bicyclic) bond motifs is 1. The molecule has 1 aliphatic heterocycles. The number of benzene rings is 2. The third kappa shape index (κ3) is 4.98. The van der Waals surface area contributed by atoms with E-state index in [9.17, 15) is 9.59 Å². The number of hydrogen-bond donors (Lipinski definition) is 1. The lowest BCUT2D eigenvalue weighted by molar-refractivity contribution is -0.134. The fourth-order valence-electron chi connectivity index (χ4n) is 4.28. The number of nitrogens with one attached hydrogen (secondary N) is 1. The van der Waals surface area contributed by atoms with Crippen LogP contribution in [-0.2, 0) is 16.0 Å². The van der Waals surface area contributed by atoms with E-state index in [0.29, 0.717) is 18.2 Å². The van der Waals surface area contributed by atoms with Gasteiger partial charge in [-0.2, -0.15) is 0 Å². The molecule has 2 aromatic carbocycles. The lowest BCUT2D eigenvalue weighted by Crippen LogP contribution is -2.41. The Morgan fingerprint density at radius 1 is 1.09 bits per heavy atom. The molecule has 5 heteroatoms. The number of amides is 2. The standard InChI is InChI=1S/C27H34N2O3/c1-17(2)16-28-26(30)19(4)32-23-12-11-20-13-14-29(27(31)22-9-10-22)25(24(20)15-23)21-7-5-18(3)6-8-21/h5-8,11-12,15,17,19,22,25H,9-10,13-14,16H2,1-4H3,(H,28,30)/t19-,25+/m0/s1. The van der Waals surface area contributed by atoms with Crippen LogP contribution in [0.5, 0.6) is 5.75 Å². The smallest absolute Gasteiger partial charge is 0.260 e. The average Bonchev–Trinajstić information content (AvgIpc) is 3.62. The minimum Gasteiger partial charge on any atom is -0.481 e. The molecule has 4 rings (SSSR count). The molecular weight excluding hydrogens is 400 g/mol. The van der Waals surface area contributed by atoms with Crippen molar-refractivity contribution in [2.75, 3.05) is 13.1 Å². The van der Waals surface area contributed by atoms with E-state index in [-0.39, 0.29) is 23.8 Å². The molecule has 1 fully saturated rings. The molecule has 0 saturated heterocycles. The minimum absolute atomic E-state index is 0.114. The number of carbonyl (C=O) groups is 2. The van der Waals surface area contributed by atoms with Crippen LogP contribution in [0.3, 0.4) is 0 Å². The van der Waals surface area contributed by atoms with E-state index in [1.165, 1.54) is 11.1 Å². The van der Waals surface area contributed by atoms with E-state index in [4.69, 9.17) is 4.74 Å². The van der Waals surface area contributed by atoms with Crippen LogP contribution >= 0.6 is 0 Å². The van der Waals surface area contributed by atoms with Crippen molar-refractivity contribution in [1.82, 2.24) is 10.2 Å². The van der Waals surface area contributed by atoms with Gasteiger partial charge in [0.1, 0.15) is 5.75 Å². The molecule has 2 atom stereocenters. The molecule has 2 aromatic rings. The number of aryl methyl sites for hydroxylation is 1. The topological polar surface area (TPSA) is 58.6 Å². The summed E-state index contributed by atoms with van der Waals surface area (Å²) in [4.78, 5) is 27.6. The van der Waals surface area contributed by atoms with Gasteiger partial charge in [-0.15, -0.1) is 0 Å². The molecule has 1 aliphatic carbocycles. The Morgan fingerprint density at radius 2 is 1.81 bits per heavy atom. The largest absolute Gasteiger partial charge is 0.481 e. The molecular formula is C27H34N2O3. The fraction of sp³-hybridized carbons (Fsp3) is 0.481. The normalized spacial score (nSPS) is 18.8. The lowest BCUT2D eigenvalue weighted by Gasteiger charge is -2.38. The first kappa shape index (κ1) is 22.4. The minimum atomic E-state index is -0.586. The van der Waals surface area contributed by atoms with Crippen LogP contribution in [0.25, 0.3) is 0 Å². The molecule has 0 unspecified atom stereocenters. The number of ether oxygens (including phenoxy) is 1. The number of rotatable bonds is 7. The first-order valence-corrected chi connectivity index (χ1v) is 11.8. The molecule has 32 heavy (non-hydrogen) atoms. The highest BCUT2D eigenvalue weighted by Crippen LogP contribution is 2.41.